The Hall–Kier alpha value is -2.37. The molecule has 1 aliphatic rings. The molecule has 0 aromatic carbocycles. The Kier molecular flexibility index (Phi) is 34.1. The number of allylic oxidation sites excluding steroid dienone is 12. The molecule has 0 bridgehead atoms. The molecule has 56 heavy (non-hydrogen) atoms. The minimum atomic E-state index is -1.56. The number of unbranched alkanes of at least 4 members (excludes halogenated alkanes) is 13. The third kappa shape index (κ3) is 27.3. The molecule has 0 aromatic heterocycles. The van der Waals surface area contributed by atoms with E-state index in [4.69, 9.17) is 9.47 Å². The van der Waals surface area contributed by atoms with Gasteiger partial charge in [-0.1, -0.05) is 164 Å². The van der Waals surface area contributed by atoms with Crippen molar-refractivity contribution in [1.29, 1.82) is 0 Å². The van der Waals surface area contributed by atoms with Crippen LogP contribution in [0.3, 0.4) is 0 Å². The van der Waals surface area contributed by atoms with Gasteiger partial charge in [-0.25, -0.2) is 0 Å². The van der Waals surface area contributed by atoms with Gasteiger partial charge in [0.2, 0.25) is 5.91 Å². The van der Waals surface area contributed by atoms with E-state index in [9.17, 15) is 30.3 Å². The largest absolute Gasteiger partial charge is 0.394 e. The molecule has 0 spiro atoms. The minimum Gasteiger partial charge on any atom is -0.394 e. The van der Waals surface area contributed by atoms with Crippen LogP contribution < -0.4 is 5.32 Å². The first-order valence-electron chi connectivity index (χ1n) is 22.1. The van der Waals surface area contributed by atoms with Gasteiger partial charge in [-0.3, -0.25) is 4.79 Å². The number of carbonyl (C=O) groups is 1. The average molecular weight is 788 g/mol. The van der Waals surface area contributed by atoms with Gasteiger partial charge in [-0.15, -0.1) is 0 Å². The zero-order chi connectivity index (χ0) is 40.9. The van der Waals surface area contributed by atoms with Gasteiger partial charge in [0.25, 0.3) is 0 Å². The summed E-state index contributed by atoms with van der Waals surface area (Å²) in [5.74, 6) is -0.163. The maximum Gasteiger partial charge on any atom is 0.220 e. The van der Waals surface area contributed by atoms with Crippen molar-refractivity contribution >= 4 is 5.91 Å². The van der Waals surface area contributed by atoms with Crippen LogP contribution in [0.1, 0.15) is 162 Å². The summed E-state index contributed by atoms with van der Waals surface area (Å²) in [6.07, 6.45) is 42.3. The molecule has 1 heterocycles. The molecule has 1 saturated heterocycles. The molecule has 7 atom stereocenters. The Balaban J connectivity index is 2.19. The molecule has 9 heteroatoms. The van der Waals surface area contributed by atoms with Crippen LogP contribution in [0, 0.1) is 0 Å². The summed E-state index contributed by atoms with van der Waals surface area (Å²) in [4.78, 5) is 12.9. The maximum absolute atomic E-state index is 12.9. The van der Waals surface area contributed by atoms with Crippen molar-refractivity contribution < 1.29 is 39.8 Å². The Bertz CT molecular complexity index is 1100. The van der Waals surface area contributed by atoms with Gasteiger partial charge in [0, 0.05) is 6.42 Å². The Morgan fingerprint density at radius 2 is 1.11 bits per heavy atom. The monoisotopic (exact) mass is 788 g/mol. The Labute approximate surface area is 340 Å². The van der Waals surface area contributed by atoms with Gasteiger partial charge in [0.1, 0.15) is 24.4 Å². The molecule has 0 saturated carbocycles. The van der Waals surface area contributed by atoms with Crippen LogP contribution in [-0.4, -0.2) is 87.5 Å². The second-order valence-electron chi connectivity index (χ2n) is 15.1. The molecular weight excluding hydrogens is 707 g/mol. The first-order valence-corrected chi connectivity index (χ1v) is 22.1. The lowest BCUT2D eigenvalue weighted by atomic mass is 9.99. The second-order valence-corrected chi connectivity index (χ2v) is 15.1. The molecule has 7 unspecified atom stereocenters. The molecule has 322 valence electrons. The van der Waals surface area contributed by atoms with Gasteiger partial charge >= 0.3 is 0 Å². The van der Waals surface area contributed by atoms with E-state index >= 15 is 0 Å². The number of aliphatic hydroxyl groups excluding tert-OH is 5. The number of hydrogen-bond acceptors (Lipinski definition) is 8. The highest BCUT2D eigenvalue weighted by molar-refractivity contribution is 5.76. The molecule has 1 rings (SSSR count). The summed E-state index contributed by atoms with van der Waals surface area (Å²) in [6, 6.07) is -0.724. The molecule has 6 N–H and O–H groups in total. The number of carbonyl (C=O) groups excluding carboxylic acids is 1. The zero-order valence-electron chi connectivity index (χ0n) is 35.1. The predicted molar refractivity (Wildman–Crippen MR) is 230 cm³/mol. The average Bonchev–Trinajstić information content (AvgIpc) is 3.20. The number of ether oxygens (including phenoxy) is 2. The third-order valence-corrected chi connectivity index (χ3v) is 10.1. The SMILES string of the molecule is CC/C=C\C/C=C\C/C=C\C/C=C\C/C=C\C/C=C\CCCCCCCCCCC(=O)NC(COC1OC(CO)C(O)C(O)C1O)C(O)CCCCCCCC. The first-order chi connectivity index (χ1) is 27.3. The quantitative estimate of drug-likeness (QED) is 0.0276. The van der Waals surface area contributed by atoms with Crippen molar-refractivity contribution in [3.63, 3.8) is 0 Å². The van der Waals surface area contributed by atoms with Crippen molar-refractivity contribution in [3.8, 4) is 0 Å². The number of hydrogen-bond donors (Lipinski definition) is 6. The van der Waals surface area contributed by atoms with Crippen LogP contribution in [-0.2, 0) is 14.3 Å². The number of aliphatic hydroxyl groups is 5. The van der Waals surface area contributed by atoms with E-state index in [2.05, 4.69) is 92.1 Å². The topological polar surface area (TPSA) is 149 Å². The minimum absolute atomic E-state index is 0.147. The van der Waals surface area contributed by atoms with Gasteiger partial charge in [-0.2, -0.15) is 0 Å². The zero-order valence-corrected chi connectivity index (χ0v) is 35.1. The van der Waals surface area contributed by atoms with E-state index in [-0.39, 0.29) is 12.5 Å². The summed E-state index contributed by atoms with van der Waals surface area (Å²) in [6.45, 7) is 3.62. The molecule has 1 aliphatic heterocycles. The Morgan fingerprint density at radius 1 is 0.625 bits per heavy atom. The highest BCUT2D eigenvalue weighted by atomic mass is 16.7. The van der Waals surface area contributed by atoms with Crippen LogP contribution in [0.25, 0.3) is 0 Å². The molecule has 0 radical (unpaired) electrons. The van der Waals surface area contributed by atoms with E-state index in [0.29, 0.717) is 12.8 Å². The van der Waals surface area contributed by atoms with E-state index in [1.165, 1.54) is 38.5 Å². The number of amides is 1. The van der Waals surface area contributed by atoms with E-state index in [1.807, 2.05) is 0 Å². The van der Waals surface area contributed by atoms with Crippen molar-refractivity contribution in [2.75, 3.05) is 13.2 Å². The van der Waals surface area contributed by atoms with Crippen LogP contribution in [0.15, 0.2) is 72.9 Å². The van der Waals surface area contributed by atoms with Crippen molar-refractivity contribution in [3.05, 3.63) is 72.9 Å². The summed E-state index contributed by atoms with van der Waals surface area (Å²) >= 11 is 0. The fourth-order valence-corrected chi connectivity index (χ4v) is 6.51. The van der Waals surface area contributed by atoms with Crippen molar-refractivity contribution in [2.45, 2.75) is 204 Å². The molecular formula is C47H81NO8. The fraction of sp³-hybridized carbons (Fsp3) is 0.723. The normalized spacial score (nSPS) is 21.9. The number of rotatable bonds is 35. The summed E-state index contributed by atoms with van der Waals surface area (Å²) < 4.78 is 11.2. The highest BCUT2D eigenvalue weighted by Gasteiger charge is 2.44. The van der Waals surface area contributed by atoms with Crippen LogP contribution in [0.2, 0.25) is 0 Å². The predicted octanol–water partition coefficient (Wildman–Crippen LogP) is 9.00. The van der Waals surface area contributed by atoms with Crippen LogP contribution in [0.5, 0.6) is 0 Å². The van der Waals surface area contributed by atoms with E-state index in [0.717, 1.165) is 96.3 Å². The van der Waals surface area contributed by atoms with E-state index in [1.54, 1.807) is 0 Å². The molecule has 0 aromatic rings. The highest BCUT2D eigenvalue weighted by Crippen LogP contribution is 2.23. The van der Waals surface area contributed by atoms with Crippen molar-refractivity contribution in [1.82, 2.24) is 5.32 Å². The maximum atomic E-state index is 12.9. The molecule has 1 fully saturated rings. The lowest BCUT2D eigenvalue weighted by Crippen LogP contribution is -2.60. The lowest BCUT2D eigenvalue weighted by molar-refractivity contribution is -0.302. The second kappa shape index (κ2) is 36.9. The molecule has 0 aliphatic carbocycles. The lowest BCUT2D eigenvalue weighted by Gasteiger charge is -2.40. The third-order valence-electron chi connectivity index (χ3n) is 10.1. The van der Waals surface area contributed by atoms with Gasteiger partial charge in [0.15, 0.2) is 6.29 Å². The summed E-state index contributed by atoms with van der Waals surface area (Å²) in [5, 5.41) is 53.9. The summed E-state index contributed by atoms with van der Waals surface area (Å²) in [5.41, 5.74) is 0. The number of nitrogens with one attached hydrogen (secondary N) is 1. The van der Waals surface area contributed by atoms with Crippen LogP contribution >= 0.6 is 0 Å². The Morgan fingerprint density at radius 3 is 1.64 bits per heavy atom. The first kappa shape index (κ1) is 51.6. The molecule has 1 amide bonds. The van der Waals surface area contributed by atoms with Gasteiger partial charge < -0.3 is 40.3 Å². The molecule has 9 nitrogen and oxygen atoms in total. The van der Waals surface area contributed by atoms with Gasteiger partial charge in [0.05, 0.1) is 25.4 Å². The van der Waals surface area contributed by atoms with Crippen molar-refractivity contribution in [2.24, 2.45) is 0 Å². The standard InChI is InChI=1S/C47H81NO8/c1-3-5-7-9-11-12-13-14-15-16-17-18-19-20-21-22-23-24-25-26-27-28-29-30-31-33-35-37-43(51)48-40(41(50)36-34-32-10-8-6-4-2)39-55-47-46(54)45(53)44(52)42(38-49)56-47/h5,7,11-12,14-15,17-18,20-21,23-24,40-42,44-47,49-50,52-54H,3-4,6,8-10,13,16,19,22,25-39H2,1-2H3,(H,48,51)/b7-5-,12-11-,15-14-,18-17-,21-20-,24-23-. The fourth-order valence-electron chi connectivity index (χ4n) is 6.51. The van der Waals surface area contributed by atoms with E-state index < -0.39 is 49.5 Å². The van der Waals surface area contributed by atoms with Gasteiger partial charge in [-0.05, 0) is 64.2 Å². The smallest absolute Gasteiger partial charge is 0.220 e. The van der Waals surface area contributed by atoms with Crippen LogP contribution in [0.4, 0.5) is 0 Å². The summed E-state index contributed by atoms with van der Waals surface area (Å²) in [7, 11) is 0.